The highest BCUT2D eigenvalue weighted by molar-refractivity contribution is 14.1. The predicted octanol–water partition coefficient (Wildman–Crippen LogP) is 3.01. The van der Waals surface area contributed by atoms with Gasteiger partial charge in [-0.05, 0) is 51.9 Å². The molecule has 3 rings (SSSR count). The second kappa shape index (κ2) is 4.57. The van der Waals surface area contributed by atoms with Gasteiger partial charge in [0.2, 0.25) is 10.0 Å². The smallest absolute Gasteiger partial charge is 0.207 e. The first-order valence-corrected chi connectivity index (χ1v) is 8.36. The maximum atomic E-state index is 12.4. The van der Waals surface area contributed by atoms with Gasteiger partial charge in [0.05, 0.1) is 10.9 Å². The summed E-state index contributed by atoms with van der Waals surface area (Å²) >= 11 is 2.24. The van der Waals surface area contributed by atoms with E-state index in [1.54, 1.807) is 19.2 Å². The monoisotopic (exact) mass is 385 g/mol. The predicted molar refractivity (Wildman–Crippen MR) is 82.4 cm³/mol. The molecular weight excluding hydrogens is 373 g/mol. The summed E-state index contributed by atoms with van der Waals surface area (Å²) in [5.41, 5.74) is 1.86. The highest BCUT2D eigenvalue weighted by Crippen LogP contribution is 2.41. The summed E-state index contributed by atoms with van der Waals surface area (Å²) in [7, 11) is -1.72. The van der Waals surface area contributed by atoms with Crippen molar-refractivity contribution in [2.24, 2.45) is 0 Å². The van der Waals surface area contributed by atoms with Crippen LogP contribution in [-0.4, -0.2) is 19.8 Å². The quantitative estimate of drug-likeness (QED) is 0.708. The van der Waals surface area contributed by atoms with E-state index in [0.29, 0.717) is 4.90 Å². The van der Waals surface area contributed by atoms with Gasteiger partial charge < -0.3 is 0 Å². The van der Waals surface area contributed by atoms with E-state index in [0.717, 1.165) is 14.7 Å². The Hall–Kier alpha value is -0.920. The van der Waals surface area contributed by atoms with Crippen LogP contribution in [0.4, 0.5) is 0 Å². The fourth-order valence-electron chi connectivity index (χ4n) is 2.50. The fraction of sp³-hybridized carbons (Fsp3) is 0.143. The van der Waals surface area contributed by atoms with Crippen LogP contribution in [0.3, 0.4) is 0 Å². The third-order valence-corrected chi connectivity index (χ3v) is 5.97. The second-order valence-corrected chi connectivity index (χ2v) is 7.73. The first-order valence-electron chi connectivity index (χ1n) is 5.84. The Morgan fingerprint density at radius 1 is 1.11 bits per heavy atom. The molecule has 0 aliphatic carbocycles. The number of benzene rings is 2. The summed E-state index contributed by atoms with van der Waals surface area (Å²) in [5, 5.41) is 0. The maximum Gasteiger partial charge on any atom is 0.244 e. The number of nitrogens with zero attached hydrogens (tertiary/aromatic N) is 1. The van der Waals surface area contributed by atoms with Crippen molar-refractivity contribution in [3.63, 3.8) is 0 Å². The standard InChI is InChI=1S/C14H12INO2S/c1-16-14(10-5-4-6-11(15)9-10)12-7-2-3-8-13(12)19(16,17)18/h2-9,14H,1H3/t14-/m0/s1. The molecule has 0 fully saturated rings. The van der Waals surface area contributed by atoms with Gasteiger partial charge in [0.15, 0.2) is 0 Å². The van der Waals surface area contributed by atoms with E-state index in [-0.39, 0.29) is 6.04 Å². The Labute approximate surface area is 126 Å². The molecule has 3 nitrogen and oxygen atoms in total. The third kappa shape index (κ3) is 2.00. The van der Waals surface area contributed by atoms with E-state index >= 15 is 0 Å². The zero-order chi connectivity index (χ0) is 13.6. The number of fused-ring (bicyclic) bond motifs is 1. The van der Waals surface area contributed by atoms with Gasteiger partial charge in [-0.15, -0.1) is 0 Å². The zero-order valence-electron chi connectivity index (χ0n) is 10.2. The molecule has 0 N–H and O–H groups in total. The summed E-state index contributed by atoms with van der Waals surface area (Å²) in [6.07, 6.45) is 0. The Morgan fingerprint density at radius 3 is 2.58 bits per heavy atom. The second-order valence-electron chi connectivity index (χ2n) is 4.52. The number of rotatable bonds is 1. The van der Waals surface area contributed by atoms with Crippen LogP contribution in [0.1, 0.15) is 17.2 Å². The van der Waals surface area contributed by atoms with Crippen molar-refractivity contribution in [3.8, 4) is 0 Å². The molecular formula is C14H12INO2S. The number of halogens is 1. The van der Waals surface area contributed by atoms with E-state index < -0.39 is 10.0 Å². The highest BCUT2D eigenvalue weighted by Gasteiger charge is 2.40. The maximum absolute atomic E-state index is 12.4. The minimum atomic E-state index is -3.36. The van der Waals surface area contributed by atoms with Crippen molar-refractivity contribution in [1.29, 1.82) is 0 Å². The van der Waals surface area contributed by atoms with E-state index in [4.69, 9.17) is 0 Å². The third-order valence-electron chi connectivity index (χ3n) is 3.40. The number of sulfonamides is 1. The topological polar surface area (TPSA) is 37.4 Å². The minimum Gasteiger partial charge on any atom is -0.207 e. The minimum absolute atomic E-state index is 0.226. The molecule has 0 aromatic heterocycles. The molecule has 1 atom stereocenters. The van der Waals surface area contributed by atoms with Crippen LogP contribution in [-0.2, 0) is 10.0 Å². The molecule has 1 aliphatic heterocycles. The van der Waals surface area contributed by atoms with Crippen LogP contribution in [0.15, 0.2) is 53.4 Å². The van der Waals surface area contributed by atoms with Gasteiger partial charge in [-0.2, -0.15) is 4.31 Å². The lowest BCUT2D eigenvalue weighted by atomic mass is 9.99. The van der Waals surface area contributed by atoms with E-state index in [2.05, 4.69) is 22.6 Å². The molecule has 5 heteroatoms. The van der Waals surface area contributed by atoms with Crippen LogP contribution in [0.5, 0.6) is 0 Å². The first-order chi connectivity index (χ1) is 9.01. The van der Waals surface area contributed by atoms with Crippen molar-refractivity contribution in [2.75, 3.05) is 7.05 Å². The van der Waals surface area contributed by atoms with Gasteiger partial charge in [-0.1, -0.05) is 30.3 Å². The highest BCUT2D eigenvalue weighted by atomic mass is 127. The van der Waals surface area contributed by atoms with Crippen molar-refractivity contribution < 1.29 is 8.42 Å². The lowest BCUT2D eigenvalue weighted by Gasteiger charge is -2.19. The van der Waals surface area contributed by atoms with Crippen molar-refractivity contribution >= 4 is 32.6 Å². The Kier molecular flexibility index (Phi) is 3.15. The molecule has 2 aromatic rings. The molecule has 0 amide bonds. The average molecular weight is 385 g/mol. The van der Waals surface area contributed by atoms with E-state index in [9.17, 15) is 8.42 Å². The van der Waals surface area contributed by atoms with Crippen LogP contribution >= 0.6 is 22.6 Å². The van der Waals surface area contributed by atoms with Gasteiger partial charge in [-0.25, -0.2) is 8.42 Å². The molecule has 1 heterocycles. The van der Waals surface area contributed by atoms with Crippen molar-refractivity contribution in [1.82, 2.24) is 4.31 Å². The summed E-state index contributed by atoms with van der Waals surface area (Å²) in [6.45, 7) is 0. The molecule has 0 spiro atoms. The van der Waals surface area contributed by atoms with Gasteiger partial charge in [0, 0.05) is 10.6 Å². The average Bonchev–Trinajstić information content (AvgIpc) is 2.58. The Morgan fingerprint density at radius 2 is 1.84 bits per heavy atom. The van der Waals surface area contributed by atoms with Gasteiger partial charge in [-0.3, -0.25) is 0 Å². The van der Waals surface area contributed by atoms with E-state index in [1.165, 1.54) is 4.31 Å². The summed E-state index contributed by atoms with van der Waals surface area (Å²) in [6, 6.07) is 14.9. The molecule has 2 aromatic carbocycles. The Balaban J connectivity index is 2.24. The zero-order valence-corrected chi connectivity index (χ0v) is 13.2. The van der Waals surface area contributed by atoms with Crippen molar-refractivity contribution in [3.05, 3.63) is 63.2 Å². The summed E-state index contributed by atoms with van der Waals surface area (Å²) in [4.78, 5) is 0.418. The van der Waals surface area contributed by atoms with Crippen molar-refractivity contribution in [2.45, 2.75) is 10.9 Å². The van der Waals surface area contributed by atoms with Crippen LogP contribution < -0.4 is 0 Å². The van der Waals surface area contributed by atoms with Crippen LogP contribution in [0.25, 0.3) is 0 Å². The van der Waals surface area contributed by atoms with Crippen LogP contribution in [0, 0.1) is 3.57 Å². The molecule has 0 radical (unpaired) electrons. The SMILES string of the molecule is CN1[C@@H](c2cccc(I)c2)c2ccccc2S1(=O)=O. The largest absolute Gasteiger partial charge is 0.244 e. The van der Waals surface area contributed by atoms with Gasteiger partial charge >= 0.3 is 0 Å². The summed E-state index contributed by atoms with van der Waals surface area (Å²) in [5.74, 6) is 0. The molecule has 19 heavy (non-hydrogen) atoms. The van der Waals surface area contributed by atoms with Gasteiger partial charge in [0.1, 0.15) is 0 Å². The lowest BCUT2D eigenvalue weighted by Crippen LogP contribution is -2.24. The molecule has 0 unspecified atom stereocenters. The number of hydrogen-bond acceptors (Lipinski definition) is 2. The molecule has 0 bridgehead atoms. The fourth-order valence-corrected chi connectivity index (χ4v) is 4.62. The molecule has 0 saturated heterocycles. The molecule has 98 valence electrons. The van der Waals surface area contributed by atoms with Crippen LogP contribution in [0.2, 0.25) is 0 Å². The normalized spacial score (nSPS) is 21.3. The molecule has 0 saturated carbocycles. The Bertz CT molecular complexity index is 743. The lowest BCUT2D eigenvalue weighted by molar-refractivity contribution is 0.440. The molecule has 1 aliphatic rings. The van der Waals surface area contributed by atoms with Gasteiger partial charge in [0.25, 0.3) is 0 Å². The van der Waals surface area contributed by atoms with E-state index in [1.807, 2.05) is 36.4 Å². The number of hydrogen-bond donors (Lipinski definition) is 0. The first kappa shape index (κ1) is 13.1. The summed E-state index contributed by atoms with van der Waals surface area (Å²) < 4.78 is 27.3.